The van der Waals surface area contributed by atoms with Crippen molar-refractivity contribution in [1.29, 1.82) is 0 Å². The van der Waals surface area contributed by atoms with Crippen molar-refractivity contribution in [3.05, 3.63) is 121 Å². The SMILES string of the molecule is CCCC(N)[Si](O[Si](OC)(OC)O[Si](c1ccccc1)(c1ccccc1)C(N)CCC)(c1ccccc1)c1ccccc1. The van der Waals surface area contributed by atoms with Crippen LogP contribution >= 0.6 is 0 Å². The first-order chi connectivity index (χ1) is 20.9. The average Bonchev–Trinajstić information content (AvgIpc) is 3.07. The molecule has 0 aliphatic rings. The van der Waals surface area contributed by atoms with E-state index in [-0.39, 0.29) is 11.3 Å². The number of benzene rings is 4. The van der Waals surface area contributed by atoms with Gasteiger partial charge < -0.3 is 28.5 Å². The molecule has 0 saturated heterocycles. The lowest BCUT2D eigenvalue weighted by Crippen LogP contribution is -2.80. The van der Waals surface area contributed by atoms with Crippen molar-refractivity contribution in [3.8, 4) is 0 Å². The molecule has 2 atom stereocenters. The third-order valence-electron chi connectivity index (χ3n) is 8.13. The van der Waals surface area contributed by atoms with Gasteiger partial charge in [0, 0.05) is 25.5 Å². The van der Waals surface area contributed by atoms with Gasteiger partial charge in [-0.15, -0.1) is 0 Å². The summed E-state index contributed by atoms with van der Waals surface area (Å²) in [6, 6.07) is 41.3. The van der Waals surface area contributed by atoms with E-state index >= 15 is 0 Å². The van der Waals surface area contributed by atoms with Crippen LogP contribution in [0.25, 0.3) is 0 Å². The standard InChI is InChI=1S/C34H46N2O4Si3/c1-5-19-33(35)41(29-21-11-7-12-22-29,30-23-13-8-14-24-30)39-43(37-3,38-4)40-42(34(36)20-6-2,31-25-15-9-16-26-31)32-27-17-10-18-28-32/h7-18,21-28,33-34H,5-6,19-20,35-36H2,1-4H3. The molecule has 4 rings (SSSR count). The predicted molar refractivity (Wildman–Crippen MR) is 184 cm³/mol. The molecule has 0 heterocycles. The van der Waals surface area contributed by atoms with Crippen molar-refractivity contribution in [2.45, 2.75) is 50.9 Å². The first-order valence-corrected chi connectivity index (χ1v) is 20.8. The highest BCUT2D eigenvalue weighted by atomic mass is 28.5. The molecule has 0 saturated carbocycles. The molecule has 4 N–H and O–H groups in total. The molecular formula is C34H46N2O4Si3. The van der Waals surface area contributed by atoms with E-state index in [0.717, 1.165) is 46.4 Å². The molecule has 4 aromatic carbocycles. The summed E-state index contributed by atoms with van der Waals surface area (Å²) in [5, 5.41) is 4.17. The van der Waals surface area contributed by atoms with Crippen LogP contribution in [0.4, 0.5) is 0 Å². The van der Waals surface area contributed by atoms with Gasteiger partial charge in [-0.2, -0.15) is 0 Å². The summed E-state index contributed by atoms with van der Waals surface area (Å²) in [6.07, 6.45) is 3.34. The fourth-order valence-electron chi connectivity index (χ4n) is 6.01. The van der Waals surface area contributed by atoms with E-state index in [2.05, 4.69) is 62.4 Å². The van der Waals surface area contributed by atoms with E-state index in [1.54, 1.807) is 14.2 Å². The van der Waals surface area contributed by atoms with Crippen LogP contribution in [0.1, 0.15) is 39.5 Å². The maximum absolute atomic E-state index is 7.50. The van der Waals surface area contributed by atoms with Gasteiger partial charge >= 0.3 is 9.05 Å². The number of nitrogens with two attached hydrogens (primary N) is 2. The second kappa shape index (κ2) is 15.3. The predicted octanol–water partition coefficient (Wildman–Crippen LogP) is 3.60. The Hall–Kier alpha value is -2.71. The minimum absolute atomic E-state index is 0.295. The van der Waals surface area contributed by atoms with Gasteiger partial charge in [0.25, 0.3) is 16.6 Å². The number of hydrogen-bond acceptors (Lipinski definition) is 6. The van der Waals surface area contributed by atoms with E-state index < -0.39 is 25.7 Å². The third kappa shape index (κ3) is 6.85. The monoisotopic (exact) mass is 630 g/mol. The highest BCUT2D eigenvalue weighted by Crippen LogP contribution is 2.27. The average molecular weight is 631 g/mol. The summed E-state index contributed by atoms with van der Waals surface area (Å²) < 4.78 is 27.7. The molecule has 0 spiro atoms. The zero-order valence-electron chi connectivity index (χ0n) is 25.8. The summed E-state index contributed by atoms with van der Waals surface area (Å²) in [6.45, 7) is 4.30. The lowest BCUT2D eigenvalue weighted by atomic mass is 10.3. The molecule has 0 aromatic heterocycles. The normalized spacial score (nSPS) is 13.9. The maximum Gasteiger partial charge on any atom is 0.658 e. The largest absolute Gasteiger partial charge is 0.658 e. The molecule has 6 nitrogen and oxygen atoms in total. The Labute approximate surface area is 260 Å². The Balaban J connectivity index is 2.00. The zero-order chi connectivity index (χ0) is 30.8. The second-order valence-corrected chi connectivity index (χ2v) is 21.0. The van der Waals surface area contributed by atoms with Crippen LogP contribution in [0.2, 0.25) is 0 Å². The topological polar surface area (TPSA) is 89.0 Å². The van der Waals surface area contributed by atoms with Crippen LogP contribution in [0.15, 0.2) is 121 Å². The van der Waals surface area contributed by atoms with Gasteiger partial charge in [-0.05, 0) is 33.6 Å². The van der Waals surface area contributed by atoms with Crippen molar-refractivity contribution in [3.63, 3.8) is 0 Å². The summed E-state index contributed by atoms with van der Waals surface area (Å²) >= 11 is 0. The lowest BCUT2D eigenvalue weighted by molar-refractivity contribution is 0.0768. The highest BCUT2D eigenvalue weighted by molar-refractivity contribution is 7.05. The molecule has 0 fully saturated rings. The number of hydrogen-bond donors (Lipinski definition) is 2. The van der Waals surface area contributed by atoms with E-state index in [1.165, 1.54) is 0 Å². The summed E-state index contributed by atoms with van der Waals surface area (Å²) in [5.41, 5.74) is 13.8. The summed E-state index contributed by atoms with van der Waals surface area (Å²) in [5.74, 6) is 0. The quantitative estimate of drug-likeness (QED) is 0.184. The molecule has 9 heteroatoms. The first kappa shape index (κ1) is 33.2. The smallest absolute Gasteiger partial charge is 0.384 e. The Bertz CT molecular complexity index is 1180. The van der Waals surface area contributed by atoms with Gasteiger partial charge in [0.1, 0.15) is 0 Å². The minimum Gasteiger partial charge on any atom is -0.384 e. The van der Waals surface area contributed by atoms with E-state index in [1.807, 2.05) is 72.8 Å². The van der Waals surface area contributed by atoms with Crippen molar-refractivity contribution < 1.29 is 17.1 Å². The second-order valence-electron chi connectivity index (χ2n) is 10.8. The van der Waals surface area contributed by atoms with Crippen molar-refractivity contribution in [1.82, 2.24) is 0 Å². The minimum atomic E-state index is -3.97. The zero-order valence-corrected chi connectivity index (χ0v) is 28.8. The maximum atomic E-state index is 7.50. The molecule has 0 bridgehead atoms. The van der Waals surface area contributed by atoms with Gasteiger partial charge in [-0.3, -0.25) is 0 Å². The van der Waals surface area contributed by atoms with Gasteiger partial charge in [0.2, 0.25) is 0 Å². The summed E-state index contributed by atoms with van der Waals surface area (Å²) in [4.78, 5) is 0. The Morgan fingerprint density at radius 2 is 0.744 bits per heavy atom. The molecule has 0 aliphatic heterocycles. The third-order valence-corrected chi connectivity index (χ3v) is 21.1. The van der Waals surface area contributed by atoms with Gasteiger partial charge in [0.15, 0.2) is 0 Å². The molecular weight excluding hydrogens is 585 g/mol. The van der Waals surface area contributed by atoms with Crippen molar-refractivity contribution >= 4 is 46.4 Å². The van der Waals surface area contributed by atoms with Crippen LogP contribution in [-0.2, 0) is 17.1 Å². The van der Waals surface area contributed by atoms with E-state index in [4.69, 9.17) is 28.5 Å². The molecule has 0 radical (unpaired) electrons. The van der Waals surface area contributed by atoms with Crippen LogP contribution in [-0.4, -0.2) is 51.2 Å². The summed E-state index contributed by atoms with van der Waals surface area (Å²) in [7, 11) is -7.24. The highest BCUT2D eigenvalue weighted by Gasteiger charge is 2.62. The van der Waals surface area contributed by atoms with Gasteiger partial charge in [0.05, 0.1) is 0 Å². The molecule has 4 aromatic rings. The van der Waals surface area contributed by atoms with Crippen LogP contribution < -0.4 is 32.2 Å². The molecule has 2 unspecified atom stereocenters. The van der Waals surface area contributed by atoms with Crippen LogP contribution in [0, 0.1) is 0 Å². The molecule has 0 amide bonds. The Kier molecular flexibility index (Phi) is 11.8. The fourth-order valence-corrected chi connectivity index (χ4v) is 20.8. The molecule has 43 heavy (non-hydrogen) atoms. The van der Waals surface area contributed by atoms with Crippen LogP contribution in [0.3, 0.4) is 0 Å². The van der Waals surface area contributed by atoms with Crippen LogP contribution in [0.5, 0.6) is 0 Å². The van der Waals surface area contributed by atoms with Gasteiger partial charge in [-0.25, -0.2) is 0 Å². The van der Waals surface area contributed by atoms with Crippen molar-refractivity contribution in [2.24, 2.45) is 11.5 Å². The van der Waals surface area contributed by atoms with E-state index in [9.17, 15) is 0 Å². The molecule has 228 valence electrons. The lowest BCUT2D eigenvalue weighted by Gasteiger charge is -2.46. The van der Waals surface area contributed by atoms with Gasteiger partial charge in [-0.1, -0.05) is 148 Å². The molecule has 0 aliphatic carbocycles. The Morgan fingerprint density at radius 3 is 0.953 bits per heavy atom. The Morgan fingerprint density at radius 1 is 0.488 bits per heavy atom. The number of rotatable bonds is 16. The van der Waals surface area contributed by atoms with Crippen molar-refractivity contribution in [2.75, 3.05) is 14.2 Å². The first-order valence-electron chi connectivity index (χ1n) is 15.2. The fraction of sp³-hybridized carbons (Fsp3) is 0.294. The van der Waals surface area contributed by atoms with E-state index in [0.29, 0.717) is 0 Å².